The lowest BCUT2D eigenvalue weighted by Gasteiger charge is -2.18. The molecule has 0 fully saturated rings. The molecule has 1 aliphatic heterocycles. The molecule has 3 rings (SSSR count). The Kier molecular flexibility index (Phi) is 6.86. The summed E-state index contributed by atoms with van der Waals surface area (Å²) >= 11 is 0. The first-order chi connectivity index (χ1) is 14.9. The monoisotopic (exact) mass is 425 g/mol. The molecule has 31 heavy (non-hydrogen) atoms. The number of nitrogens with one attached hydrogen (secondary N) is 2. The van der Waals surface area contributed by atoms with E-state index in [4.69, 9.17) is 9.47 Å². The Bertz CT molecular complexity index is 985. The van der Waals surface area contributed by atoms with Crippen LogP contribution in [0.15, 0.2) is 42.5 Å². The van der Waals surface area contributed by atoms with Crippen LogP contribution in [0.3, 0.4) is 0 Å². The van der Waals surface area contributed by atoms with E-state index in [1.165, 1.54) is 13.8 Å². The second kappa shape index (κ2) is 9.75. The molecule has 0 saturated carbocycles. The first-order valence-electron chi connectivity index (χ1n) is 9.75. The van der Waals surface area contributed by atoms with E-state index in [1.54, 1.807) is 42.5 Å². The van der Waals surface area contributed by atoms with Gasteiger partial charge in [-0.3, -0.25) is 19.2 Å². The molecule has 0 unspecified atom stereocenters. The number of carbonyl (C=O) groups is 4. The molecule has 9 nitrogen and oxygen atoms in total. The van der Waals surface area contributed by atoms with E-state index in [0.29, 0.717) is 34.9 Å². The molecule has 4 amide bonds. The van der Waals surface area contributed by atoms with Crippen molar-refractivity contribution >= 4 is 29.3 Å². The predicted molar refractivity (Wildman–Crippen MR) is 112 cm³/mol. The number of amides is 4. The minimum Gasteiger partial charge on any atom is -0.488 e. The molecule has 1 aliphatic rings. The second-order valence-corrected chi connectivity index (χ2v) is 6.79. The van der Waals surface area contributed by atoms with Crippen LogP contribution in [-0.4, -0.2) is 49.9 Å². The highest BCUT2D eigenvalue weighted by atomic mass is 16.5. The van der Waals surface area contributed by atoms with Crippen molar-refractivity contribution in [3.63, 3.8) is 0 Å². The summed E-state index contributed by atoms with van der Waals surface area (Å²) in [6, 6.07) is 11.4. The van der Waals surface area contributed by atoms with Crippen LogP contribution >= 0.6 is 0 Å². The molecule has 2 aromatic rings. The Balaban J connectivity index is 1.80. The summed E-state index contributed by atoms with van der Waals surface area (Å²) < 4.78 is 11.4. The SMILES string of the molecule is CC(=O)NCCOc1ccc(N2C(=O)c3ccccc3C2=O)cc1OCCNC(C)=O. The first kappa shape index (κ1) is 21.8. The molecule has 0 bridgehead atoms. The number of ether oxygens (including phenoxy) is 2. The van der Waals surface area contributed by atoms with Gasteiger partial charge in [-0.2, -0.15) is 0 Å². The fourth-order valence-electron chi connectivity index (χ4n) is 3.07. The van der Waals surface area contributed by atoms with Gasteiger partial charge in [-0.15, -0.1) is 0 Å². The Hall–Kier alpha value is -3.88. The van der Waals surface area contributed by atoms with Gasteiger partial charge in [-0.25, -0.2) is 4.90 Å². The Morgan fingerprint density at radius 3 is 1.84 bits per heavy atom. The molecule has 2 N–H and O–H groups in total. The third-order valence-corrected chi connectivity index (χ3v) is 4.45. The van der Waals surface area contributed by atoms with E-state index >= 15 is 0 Å². The number of hydrogen-bond acceptors (Lipinski definition) is 6. The molecule has 0 saturated heterocycles. The van der Waals surface area contributed by atoms with E-state index in [2.05, 4.69) is 10.6 Å². The van der Waals surface area contributed by atoms with Crippen molar-refractivity contribution in [3.8, 4) is 11.5 Å². The lowest BCUT2D eigenvalue weighted by molar-refractivity contribution is -0.119. The van der Waals surface area contributed by atoms with Gasteiger partial charge in [0.2, 0.25) is 11.8 Å². The largest absolute Gasteiger partial charge is 0.488 e. The number of fused-ring (bicyclic) bond motifs is 1. The molecule has 0 aliphatic carbocycles. The lowest BCUT2D eigenvalue weighted by Crippen LogP contribution is -2.29. The Labute approximate surface area is 179 Å². The summed E-state index contributed by atoms with van der Waals surface area (Å²) in [4.78, 5) is 48.7. The van der Waals surface area contributed by atoms with Crippen molar-refractivity contribution in [1.82, 2.24) is 10.6 Å². The summed E-state index contributed by atoms with van der Waals surface area (Å²) in [5.74, 6) is -0.490. The van der Waals surface area contributed by atoms with E-state index in [0.717, 1.165) is 4.90 Å². The van der Waals surface area contributed by atoms with Crippen molar-refractivity contribution in [2.24, 2.45) is 0 Å². The van der Waals surface area contributed by atoms with Crippen LogP contribution in [0.25, 0.3) is 0 Å². The van der Waals surface area contributed by atoms with E-state index in [1.807, 2.05) is 0 Å². The highest BCUT2D eigenvalue weighted by Gasteiger charge is 2.36. The smallest absolute Gasteiger partial charge is 0.266 e. The van der Waals surface area contributed by atoms with Crippen molar-refractivity contribution in [2.45, 2.75) is 13.8 Å². The van der Waals surface area contributed by atoms with Crippen molar-refractivity contribution in [3.05, 3.63) is 53.6 Å². The summed E-state index contributed by atoms with van der Waals surface area (Å²) in [6.07, 6.45) is 0. The highest BCUT2D eigenvalue weighted by Crippen LogP contribution is 2.35. The topological polar surface area (TPSA) is 114 Å². The minimum absolute atomic E-state index is 0.160. The van der Waals surface area contributed by atoms with E-state index < -0.39 is 11.8 Å². The Morgan fingerprint density at radius 2 is 1.32 bits per heavy atom. The molecule has 1 heterocycles. The third-order valence-electron chi connectivity index (χ3n) is 4.45. The van der Waals surface area contributed by atoms with Crippen LogP contribution in [0.1, 0.15) is 34.6 Å². The quantitative estimate of drug-likeness (QED) is 0.465. The fraction of sp³-hybridized carbons (Fsp3) is 0.273. The molecule has 0 radical (unpaired) electrons. The van der Waals surface area contributed by atoms with Gasteiger partial charge >= 0.3 is 0 Å². The maximum atomic E-state index is 12.8. The van der Waals surface area contributed by atoms with Gasteiger partial charge in [0.15, 0.2) is 11.5 Å². The number of carbonyl (C=O) groups excluding carboxylic acids is 4. The lowest BCUT2D eigenvalue weighted by atomic mass is 10.1. The summed E-state index contributed by atoms with van der Waals surface area (Å²) in [7, 11) is 0. The van der Waals surface area contributed by atoms with Crippen LogP contribution in [-0.2, 0) is 9.59 Å². The standard InChI is InChI=1S/C22H23N3O6/c1-14(26)23-9-11-30-19-8-7-16(13-20(19)31-12-10-24-15(2)27)25-21(28)17-5-3-4-6-18(17)22(25)29/h3-8,13H,9-12H2,1-2H3,(H,23,26)(H,24,27). The number of anilines is 1. The maximum absolute atomic E-state index is 12.8. The molecule has 0 aromatic heterocycles. The van der Waals surface area contributed by atoms with E-state index in [-0.39, 0.29) is 31.6 Å². The summed E-state index contributed by atoms with van der Waals surface area (Å²) in [5, 5.41) is 5.25. The average Bonchev–Trinajstić information content (AvgIpc) is 2.99. The van der Waals surface area contributed by atoms with Gasteiger partial charge in [0, 0.05) is 19.9 Å². The molecule has 0 spiro atoms. The number of rotatable bonds is 9. The van der Waals surface area contributed by atoms with Gasteiger partial charge < -0.3 is 20.1 Å². The second-order valence-electron chi connectivity index (χ2n) is 6.79. The van der Waals surface area contributed by atoms with Gasteiger partial charge in [0.05, 0.1) is 29.9 Å². The third kappa shape index (κ3) is 5.19. The molecule has 2 aromatic carbocycles. The number of hydrogen-bond donors (Lipinski definition) is 2. The fourth-order valence-corrected chi connectivity index (χ4v) is 3.07. The molecular weight excluding hydrogens is 402 g/mol. The van der Waals surface area contributed by atoms with Crippen LogP contribution in [0.5, 0.6) is 11.5 Å². The minimum atomic E-state index is -0.413. The highest BCUT2D eigenvalue weighted by molar-refractivity contribution is 6.34. The van der Waals surface area contributed by atoms with Crippen molar-refractivity contribution < 1.29 is 28.7 Å². The molecule has 0 atom stereocenters. The zero-order valence-corrected chi connectivity index (χ0v) is 17.3. The maximum Gasteiger partial charge on any atom is 0.266 e. The van der Waals surface area contributed by atoms with Gasteiger partial charge in [0.25, 0.3) is 11.8 Å². The summed E-state index contributed by atoms with van der Waals surface area (Å²) in [5.41, 5.74) is 1.03. The van der Waals surface area contributed by atoms with Crippen molar-refractivity contribution in [1.29, 1.82) is 0 Å². The van der Waals surface area contributed by atoms with Crippen molar-refractivity contribution in [2.75, 3.05) is 31.2 Å². The molecular formula is C22H23N3O6. The number of benzene rings is 2. The Morgan fingerprint density at radius 1 is 0.806 bits per heavy atom. The zero-order chi connectivity index (χ0) is 22.4. The van der Waals surface area contributed by atoms with Crippen LogP contribution in [0, 0.1) is 0 Å². The zero-order valence-electron chi connectivity index (χ0n) is 17.3. The van der Waals surface area contributed by atoms with Crippen LogP contribution in [0.4, 0.5) is 5.69 Å². The molecule has 9 heteroatoms. The van der Waals surface area contributed by atoms with E-state index in [9.17, 15) is 19.2 Å². The van der Waals surface area contributed by atoms with Gasteiger partial charge in [-0.05, 0) is 24.3 Å². The number of nitrogens with zero attached hydrogens (tertiary/aromatic N) is 1. The summed E-state index contributed by atoms with van der Waals surface area (Å²) in [6.45, 7) is 3.76. The average molecular weight is 425 g/mol. The molecule has 162 valence electrons. The normalized spacial score (nSPS) is 12.4. The van der Waals surface area contributed by atoms with Crippen LogP contribution in [0.2, 0.25) is 0 Å². The van der Waals surface area contributed by atoms with Crippen LogP contribution < -0.4 is 25.0 Å². The van der Waals surface area contributed by atoms with Gasteiger partial charge in [0.1, 0.15) is 13.2 Å². The van der Waals surface area contributed by atoms with Gasteiger partial charge in [-0.1, -0.05) is 12.1 Å². The predicted octanol–water partition coefficient (Wildman–Crippen LogP) is 1.52. The first-order valence-corrected chi connectivity index (χ1v) is 9.75. The number of imide groups is 1.